The summed E-state index contributed by atoms with van der Waals surface area (Å²) in [6.07, 6.45) is 7.71. The van der Waals surface area contributed by atoms with Crippen molar-refractivity contribution in [3.05, 3.63) is 46.4 Å². The molecule has 160 valence electrons. The van der Waals surface area contributed by atoms with Gasteiger partial charge >= 0.3 is 0 Å². The molecule has 0 spiro atoms. The van der Waals surface area contributed by atoms with Crippen molar-refractivity contribution in [2.24, 2.45) is 14.1 Å². The maximum atomic E-state index is 13.1. The number of carbonyl (C=O) groups excluding carboxylic acids is 1. The predicted molar refractivity (Wildman–Crippen MR) is 122 cm³/mol. The summed E-state index contributed by atoms with van der Waals surface area (Å²) in [5.41, 5.74) is 2.01. The Balaban J connectivity index is 1.54. The predicted octanol–water partition coefficient (Wildman–Crippen LogP) is 3.41. The van der Waals surface area contributed by atoms with Crippen molar-refractivity contribution in [2.45, 2.75) is 45.1 Å². The largest absolute Gasteiger partial charge is 0.352 e. The summed E-state index contributed by atoms with van der Waals surface area (Å²) in [5, 5.41) is 4.78. The monoisotopic (exact) mass is 408 g/mol. The van der Waals surface area contributed by atoms with Crippen LogP contribution in [0.15, 0.2) is 35.3 Å². The van der Waals surface area contributed by atoms with Gasteiger partial charge in [0.15, 0.2) is 0 Å². The van der Waals surface area contributed by atoms with Gasteiger partial charge < -0.3 is 19.4 Å². The summed E-state index contributed by atoms with van der Waals surface area (Å²) in [6.45, 7) is 5.10. The van der Waals surface area contributed by atoms with Gasteiger partial charge in [0, 0.05) is 55.7 Å². The molecular weight excluding hydrogens is 376 g/mol. The molecule has 1 aliphatic heterocycles. The summed E-state index contributed by atoms with van der Waals surface area (Å²) in [5.74, 6) is -0.113. The van der Waals surface area contributed by atoms with Crippen molar-refractivity contribution in [1.29, 1.82) is 0 Å². The molecule has 3 aromatic rings. The lowest BCUT2D eigenvalue weighted by Crippen LogP contribution is -2.40. The molecule has 1 amide bonds. The number of benzene rings is 1. The second-order valence-electron chi connectivity index (χ2n) is 8.46. The van der Waals surface area contributed by atoms with Crippen LogP contribution in [-0.4, -0.2) is 45.6 Å². The van der Waals surface area contributed by atoms with Crippen LogP contribution in [0.4, 0.5) is 0 Å². The van der Waals surface area contributed by atoms with E-state index in [0.717, 1.165) is 29.3 Å². The lowest BCUT2D eigenvalue weighted by Gasteiger charge is -2.35. The number of aryl methyl sites for hydroxylation is 2. The summed E-state index contributed by atoms with van der Waals surface area (Å²) in [6, 6.07) is 8.56. The van der Waals surface area contributed by atoms with Crippen molar-refractivity contribution >= 4 is 27.7 Å². The maximum absolute atomic E-state index is 13.1. The zero-order chi connectivity index (χ0) is 21.3. The molecule has 4 rings (SSSR count). The van der Waals surface area contributed by atoms with Crippen LogP contribution in [0, 0.1) is 0 Å². The Bertz CT molecular complexity index is 1130. The molecule has 0 aliphatic carbocycles. The summed E-state index contributed by atoms with van der Waals surface area (Å²) < 4.78 is 3.40. The maximum Gasteiger partial charge on any atom is 0.274 e. The smallest absolute Gasteiger partial charge is 0.274 e. The first-order valence-electron chi connectivity index (χ1n) is 11.1. The fourth-order valence-corrected chi connectivity index (χ4v) is 4.97. The SMILES string of the molecule is CC[C@@H]1CCCCN1CCCNC(=O)c1cn(C)c(=O)c2c1c1ccccc1n2C. The average molecular weight is 409 g/mol. The van der Waals surface area contributed by atoms with Crippen molar-refractivity contribution in [3.8, 4) is 0 Å². The third kappa shape index (κ3) is 3.65. The highest BCUT2D eigenvalue weighted by atomic mass is 16.2. The van der Waals surface area contributed by atoms with Crippen molar-refractivity contribution in [2.75, 3.05) is 19.6 Å². The van der Waals surface area contributed by atoms with Gasteiger partial charge in [0.2, 0.25) is 0 Å². The van der Waals surface area contributed by atoms with Gasteiger partial charge in [-0.15, -0.1) is 0 Å². The fourth-order valence-electron chi connectivity index (χ4n) is 4.97. The Morgan fingerprint density at radius 2 is 2.00 bits per heavy atom. The molecule has 0 bridgehead atoms. The Hall–Kier alpha value is -2.60. The van der Waals surface area contributed by atoms with E-state index in [1.54, 1.807) is 13.2 Å². The molecule has 1 saturated heterocycles. The third-order valence-corrected chi connectivity index (χ3v) is 6.59. The number of para-hydroxylation sites is 1. The Morgan fingerprint density at radius 1 is 1.20 bits per heavy atom. The molecule has 1 atom stereocenters. The molecule has 6 nitrogen and oxygen atoms in total. The van der Waals surface area contributed by atoms with E-state index in [4.69, 9.17) is 0 Å². The van der Waals surface area contributed by atoms with Gasteiger partial charge in [-0.05, 0) is 38.3 Å². The second kappa shape index (κ2) is 8.64. The number of amides is 1. The molecule has 1 fully saturated rings. The Kier molecular flexibility index (Phi) is 5.95. The van der Waals surface area contributed by atoms with Crippen LogP contribution in [-0.2, 0) is 14.1 Å². The van der Waals surface area contributed by atoms with Crippen LogP contribution in [0.3, 0.4) is 0 Å². The van der Waals surface area contributed by atoms with E-state index in [-0.39, 0.29) is 11.5 Å². The highest BCUT2D eigenvalue weighted by Gasteiger charge is 2.21. The minimum absolute atomic E-state index is 0.0871. The number of nitrogens with one attached hydrogen (secondary N) is 1. The van der Waals surface area contributed by atoms with Gasteiger partial charge in [-0.1, -0.05) is 31.5 Å². The van der Waals surface area contributed by atoms with Crippen LogP contribution >= 0.6 is 0 Å². The lowest BCUT2D eigenvalue weighted by molar-refractivity contribution is 0.0948. The average Bonchev–Trinajstić information content (AvgIpc) is 3.07. The lowest BCUT2D eigenvalue weighted by atomic mass is 10.00. The number of pyridine rings is 1. The summed E-state index contributed by atoms with van der Waals surface area (Å²) >= 11 is 0. The quantitative estimate of drug-likeness (QED) is 0.636. The van der Waals surface area contributed by atoms with E-state index in [1.165, 1.54) is 36.8 Å². The van der Waals surface area contributed by atoms with Crippen LogP contribution in [0.5, 0.6) is 0 Å². The number of piperidine rings is 1. The number of rotatable bonds is 6. The molecule has 30 heavy (non-hydrogen) atoms. The molecule has 0 radical (unpaired) electrons. The van der Waals surface area contributed by atoms with E-state index in [0.29, 0.717) is 23.7 Å². The van der Waals surface area contributed by atoms with Crippen molar-refractivity contribution < 1.29 is 4.79 Å². The molecule has 6 heteroatoms. The highest BCUT2D eigenvalue weighted by molar-refractivity contribution is 6.17. The van der Waals surface area contributed by atoms with Crippen molar-refractivity contribution in [1.82, 2.24) is 19.4 Å². The number of fused-ring (bicyclic) bond motifs is 3. The topological polar surface area (TPSA) is 59.3 Å². The molecule has 1 N–H and O–H groups in total. The Morgan fingerprint density at radius 3 is 2.80 bits per heavy atom. The first-order chi connectivity index (χ1) is 14.5. The first kappa shape index (κ1) is 20.7. The minimum atomic E-state index is -0.113. The number of hydrogen-bond donors (Lipinski definition) is 1. The molecule has 0 unspecified atom stereocenters. The summed E-state index contributed by atoms with van der Waals surface area (Å²) in [7, 11) is 3.59. The van der Waals surface area contributed by atoms with Gasteiger partial charge in [-0.25, -0.2) is 0 Å². The number of aromatic nitrogens is 2. The second-order valence-corrected chi connectivity index (χ2v) is 8.46. The molecule has 1 aliphatic rings. The number of nitrogens with zero attached hydrogens (tertiary/aromatic N) is 3. The fraction of sp³-hybridized carbons (Fsp3) is 0.500. The van der Waals surface area contributed by atoms with E-state index in [9.17, 15) is 9.59 Å². The van der Waals surface area contributed by atoms with E-state index < -0.39 is 0 Å². The molecular formula is C24H32N4O2. The molecule has 2 aromatic heterocycles. The van der Waals surface area contributed by atoms with E-state index in [1.807, 2.05) is 35.9 Å². The number of hydrogen-bond acceptors (Lipinski definition) is 3. The summed E-state index contributed by atoms with van der Waals surface area (Å²) in [4.78, 5) is 28.5. The normalized spacial score (nSPS) is 17.6. The van der Waals surface area contributed by atoms with E-state index >= 15 is 0 Å². The highest BCUT2D eigenvalue weighted by Crippen LogP contribution is 2.28. The first-order valence-corrected chi connectivity index (χ1v) is 11.1. The molecule has 1 aromatic carbocycles. The molecule has 3 heterocycles. The van der Waals surface area contributed by atoms with Gasteiger partial charge in [0.05, 0.1) is 5.56 Å². The van der Waals surface area contributed by atoms with Crippen LogP contribution in [0.25, 0.3) is 21.8 Å². The minimum Gasteiger partial charge on any atom is -0.352 e. The number of carbonyl (C=O) groups is 1. The Labute approximate surface area is 177 Å². The van der Waals surface area contributed by atoms with Gasteiger partial charge in [0.1, 0.15) is 5.52 Å². The van der Waals surface area contributed by atoms with Crippen LogP contribution < -0.4 is 10.9 Å². The number of likely N-dealkylation sites (tertiary alicyclic amines) is 1. The van der Waals surface area contributed by atoms with Gasteiger partial charge in [0.25, 0.3) is 11.5 Å². The van der Waals surface area contributed by atoms with Crippen molar-refractivity contribution in [3.63, 3.8) is 0 Å². The van der Waals surface area contributed by atoms with Gasteiger partial charge in [-0.2, -0.15) is 0 Å². The zero-order valence-corrected chi connectivity index (χ0v) is 18.3. The standard InChI is InChI=1S/C24H32N4O2/c1-4-17-10-7-8-14-28(17)15-9-13-25-23(29)19-16-26(2)24(30)22-21(19)18-11-5-6-12-20(18)27(22)3/h5-6,11-12,16-17H,4,7-10,13-15H2,1-3H3,(H,25,29)/t17-/m1/s1. The van der Waals surface area contributed by atoms with Gasteiger partial charge in [-0.3, -0.25) is 9.59 Å². The van der Waals surface area contributed by atoms with Crippen LogP contribution in [0.2, 0.25) is 0 Å². The van der Waals surface area contributed by atoms with E-state index in [2.05, 4.69) is 17.1 Å². The molecule has 0 saturated carbocycles. The third-order valence-electron chi connectivity index (χ3n) is 6.59. The zero-order valence-electron chi connectivity index (χ0n) is 18.3. The van der Waals surface area contributed by atoms with Crippen LogP contribution in [0.1, 0.15) is 49.4 Å².